The summed E-state index contributed by atoms with van der Waals surface area (Å²) in [5, 5.41) is 35.6. The molecular weight excluding hydrogens is 152 g/mol. The molecule has 0 spiro atoms. The van der Waals surface area contributed by atoms with Crippen LogP contribution in [0.4, 0.5) is 0 Å². The lowest BCUT2D eigenvalue weighted by Gasteiger charge is -2.33. The number of aliphatic hydroxyl groups excluding tert-OH is 4. The van der Waals surface area contributed by atoms with E-state index in [2.05, 4.69) is 0 Å². The van der Waals surface area contributed by atoms with Crippen molar-refractivity contribution in [3.05, 3.63) is 0 Å². The summed E-state index contributed by atoms with van der Waals surface area (Å²) in [6.45, 7) is -0.407. The van der Waals surface area contributed by atoms with Crippen LogP contribution >= 0.6 is 0 Å². The monoisotopic (exact) mass is 164 g/mol. The van der Waals surface area contributed by atoms with Crippen LogP contribution in [0.3, 0.4) is 0 Å². The van der Waals surface area contributed by atoms with Crippen LogP contribution in [0.5, 0.6) is 0 Å². The SMILES string of the molecule is OC[C@@H]1O[C@H](O)C[C@@H](O)[C@@H]1O. The van der Waals surface area contributed by atoms with E-state index in [1.165, 1.54) is 0 Å². The molecule has 5 heteroatoms. The van der Waals surface area contributed by atoms with Crippen molar-refractivity contribution in [2.75, 3.05) is 6.61 Å². The van der Waals surface area contributed by atoms with E-state index in [1.807, 2.05) is 0 Å². The molecule has 5 nitrogen and oxygen atoms in total. The van der Waals surface area contributed by atoms with Crippen LogP contribution in [0.15, 0.2) is 0 Å². The first-order valence-corrected chi connectivity index (χ1v) is 3.45. The maximum absolute atomic E-state index is 9.11. The van der Waals surface area contributed by atoms with Crippen LogP contribution in [0.1, 0.15) is 6.42 Å². The molecule has 0 unspecified atom stereocenters. The standard InChI is InChI=1S/C6H12O5/c7-2-4-6(10)3(8)1-5(9)11-4/h3-10H,1-2H2/t3-,4+,5+,6+/m1/s1. The number of aliphatic hydroxyl groups is 4. The smallest absolute Gasteiger partial charge is 0.157 e. The zero-order chi connectivity index (χ0) is 8.43. The van der Waals surface area contributed by atoms with E-state index in [0.29, 0.717) is 0 Å². The molecule has 0 aliphatic carbocycles. The Labute approximate surface area is 63.8 Å². The molecular formula is C6H12O5. The topological polar surface area (TPSA) is 90.2 Å². The van der Waals surface area contributed by atoms with Gasteiger partial charge in [-0.05, 0) is 0 Å². The first kappa shape index (κ1) is 8.89. The van der Waals surface area contributed by atoms with Gasteiger partial charge in [-0.1, -0.05) is 0 Å². The maximum atomic E-state index is 9.11. The second kappa shape index (κ2) is 3.46. The zero-order valence-corrected chi connectivity index (χ0v) is 5.92. The van der Waals surface area contributed by atoms with Crippen LogP contribution in [0.25, 0.3) is 0 Å². The van der Waals surface area contributed by atoms with Crippen LogP contribution in [-0.4, -0.2) is 51.6 Å². The first-order valence-electron chi connectivity index (χ1n) is 3.45. The minimum atomic E-state index is -1.11. The first-order chi connectivity index (χ1) is 5.15. The highest BCUT2D eigenvalue weighted by Gasteiger charge is 2.35. The molecule has 1 fully saturated rings. The number of ether oxygens (including phenoxy) is 1. The van der Waals surface area contributed by atoms with E-state index < -0.39 is 31.2 Å². The van der Waals surface area contributed by atoms with Gasteiger partial charge in [-0.15, -0.1) is 0 Å². The minimum Gasteiger partial charge on any atom is -0.394 e. The van der Waals surface area contributed by atoms with Crippen LogP contribution in [0, 0.1) is 0 Å². The van der Waals surface area contributed by atoms with Gasteiger partial charge in [0, 0.05) is 6.42 Å². The van der Waals surface area contributed by atoms with Gasteiger partial charge in [0.15, 0.2) is 6.29 Å². The van der Waals surface area contributed by atoms with Crippen LogP contribution in [0.2, 0.25) is 0 Å². The van der Waals surface area contributed by atoms with E-state index in [-0.39, 0.29) is 6.42 Å². The van der Waals surface area contributed by atoms with Crippen molar-refractivity contribution in [1.29, 1.82) is 0 Å². The Bertz CT molecular complexity index is 128. The molecule has 0 aromatic heterocycles. The van der Waals surface area contributed by atoms with E-state index in [0.717, 1.165) is 0 Å². The van der Waals surface area contributed by atoms with Gasteiger partial charge in [-0.2, -0.15) is 0 Å². The van der Waals surface area contributed by atoms with Crippen molar-refractivity contribution in [2.45, 2.75) is 31.0 Å². The second-order valence-corrected chi connectivity index (χ2v) is 2.61. The van der Waals surface area contributed by atoms with Crippen molar-refractivity contribution in [1.82, 2.24) is 0 Å². The van der Waals surface area contributed by atoms with Gasteiger partial charge < -0.3 is 25.2 Å². The van der Waals surface area contributed by atoms with Crippen molar-refractivity contribution >= 4 is 0 Å². The second-order valence-electron chi connectivity index (χ2n) is 2.61. The summed E-state index contributed by atoms with van der Waals surface area (Å²) in [4.78, 5) is 0. The van der Waals surface area contributed by atoms with E-state index in [4.69, 9.17) is 25.2 Å². The molecule has 1 saturated heterocycles. The molecule has 0 aromatic rings. The summed E-state index contributed by atoms with van der Waals surface area (Å²) in [6, 6.07) is 0. The molecule has 1 heterocycles. The Balaban J connectivity index is 2.51. The summed E-state index contributed by atoms with van der Waals surface area (Å²) < 4.78 is 4.71. The summed E-state index contributed by atoms with van der Waals surface area (Å²) >= 11 is 0. The van der Waals surface area contributed by atoms with E-state index >= 15 is 0 Å². The predicted molar refractivity (Wildman–Crippen MR) is 34.6 cm³/mol. The number of hydrogen-bond donors (Lipinski definition) is 4. The van der Waals surface area contributed by atoms with Gasteiger partial charge in [-0.3, -0.25) is 0 Å². The van der Waals surface area contributed by atoms with Gasteiger partial charge in [0.25, 0.3) is 0 Å². The third kappa shape index (κ3) is 1.88. The van der Waals surface area contributed by atoms with Crippen molar-refractivity contribution < 1.29 is 25.2 Å². The van der Waals surface area contributed by atoms with Crippen LogP contribution in [-0.2, 0) is 4.74 Å². The Hall–Kier alpha value is -0.200. The molecule has 0 radical (unpaired) electrons. The molecule has 0 saturated carbocycles. The van der Waals surface area contributed by atoms with Gasteiger partial charge in [-0.25, -0.2) is 0 Å². The largest absolute Gasteiger partial charge is 0.394 e. The van der Waals surface area contributed by atoms with E-state index in [9.17, 15) is 0 Å². The van der Waals surface area contributed by atoms with Crippen LogP contribution < -0.4 is 0 Å². The fourth-order valence-electron chi connectivity index (χ4n) is 1.08. The van der Waals surface area contributed by atoms with E-state index in [1.54, 1.807) is 0 Å². The number of hydrogen-bond acceptors (Lipinski definition) is 5. The van der Waals surface area contributed by atoms with Crippen molar-refractivity contribution in [3.63, 3.8) is 0 Å². The van der Waals surface area contributed by atoms with Crippen molar-refractivity contribution in [2.24, 2.45) is 0 Å². The molecule has 4 atom stereocenters. The lowest BCUT2D eigenvalue weighted by molar-refractivity contribution is -0.239. The number of rotatable bonds is 1. The zero-order valence-electron chi connectivity index (χ0n) is 5.92. The third-order valence-electron chi connectivity index (χ3n) is 1.73. The Morgan fingerprint density at radius 2 is 1.91 bits per heavy atom. The lowest BCUT2D eigenvalue weighted by atomic mass is 10.0. The van der Waals surface area contributed by atoms with Gasteiger partial charge in [0.2, 0.25) is 0 Å². The lowest BCUT2D eigenvalue weighted by Crippen LogP contribution is -2.49. The molecule has 0 aromatic carbocycles. The highest BCUT2D eigenvalue weighted by molar-refractivity contribution is 4.81. The quantitative estimate of drug-likeness (QED) is 0.353. The van der Waals surface area contributed by atoms with Gasteiger partial charge in [0.05, 0.1) is 12.7 Å². The molecule has 4 N–H and O–H groups in total. The summed E-state index contributed by atoms with van der Waals surface area (Å²) in [5.41, 5.74) is 0. The van der Waals surface area contributed by atoms with Crippen molar-refractivity contribution in [3.8, 4) is 0 Å². The Morgan fingerprint density at radius 3 is 2.45 bits per heavy atom. The highest BCUT2D eigenvalue weighted by Crippen LogP contribution is 2.18. The fourth-order valence-corrected chi connectivity index (χ4v) is 1.08. The summed E-state index contributed by atoms with van der Waals surface area (Å²) in [5.74, 6) is 0. The molecule has 1 aliphatic heterocycles. The molecule has 1 aliphatic rings. The molecule has 11 heavy (non-hydrogen) atoms. The normalized spacial score (nSPS) is 45.8. The van der Waals surface area contributed by atoms with Gasteiger partial charge in [0.1, 0.15) is 12.2 Å². The average Bonchev–Trinajstić information content (AvgIpc) is 1.96. The third-order valence-corrected chi connectivity index (χ3v) is 1.73. The fraction of sp³-hybridized carbons (Fsp3) is 1.00. The predicted octanol–water partition coefficient (Wildman–Crippen LogP) is -2.19. The maximum Gasteiger partial charge on any atom is 0.157 e. The summed E-state index contributed by atoms with van der Waals surface area (Å²) in [6.07, 6.45) is -4.11. The van der Waals surface area contributed by atoms with Gasteiger partial charge >= 0.3 is 0 Å². The molecule has 0 bridgehead atoms. The molecule has 0 amide bonds. The minimum absolute atomic E-state index is 0.0162. The Kier molecular flexibility index (Phi) is 2.80. The average molecular weight is 164 g/mol. The Morgan fingerprint density at radius 1 is 1.27 bits per heavy atom. The molecule has 66 valence electrons. The highest BCUT2D eigenvalue weighted by atomic mass is 16.6. The molecule has 1 rings (SSSR count). The summed E-state index contributed by atoms with van der Waals surface area (Å²) in [7, 11) is 0.